The molecule has 1 saturated heterocycles. The van der Waals surface area contributed by atoms with Gasteiger partial charge in [0, 0.05) is 18.7 Å². The number of carbonyl (C=O) groups is 2. The fraction of sp³-hybridized carbons (Fsp3) is 0.857. The quantitative estimate of drug-likeness (QED) is 0.709. The van der Waals surface area contributed by atoms with E-state index in [0.717, 1.165) is 12.8 Å². The van der Waals surface area contributed by atoms with E-state index in [1.807, 2.05) is 27.7 Å². The first-order chi connectivity index (χ1) is 8.86. The molecule has 1 atom stereocenters. The highest BCUT2D eigenvalue weighted by Crippen LogP contribution is 2.21. The standard InChI is InChI=1S/C14H26N2O3/c1-6-10(7-2)16-12(17)8-11(13(16)18)15-14(3,4)9-19-5/h10-11,15H,6-9H2,1-5H3. The number of amides is 2. The van der Waals surface area contributed by atoms with E-state index in [2.05, 4.69) is 5.32 Å². The maximum absolute atomic E-state index is 12.4. The number of ether oxygens (including phenoxy) is 1. The van der Waals surface area contributed by atoms with Crippen LogP contribution in [-0.4, -0.2) is 48.1 Å². The maximum Gasteiger partial charge on any atom is 0.247 e. The lowest BCUT2D eigenvalue weighted by Crippen LogP contribution is -2.52. The second-order valence-electron chi connectivity index (χ2n) is 5.79. The first kappa shape index (κ1) is 16.1. The third-order valence-electron chi connectivity index (χ3n) is 3.56. The summed E-state index contributed by atoms with van der Waals surface area (Å²) in [5.41, 5.74) is -0.320. The molecule has 110 valence electrons. The molecule has 5 nitrogen and oxygen atoms in total. The van der Waals surface area contributed by atoms with Gasteiger partial charge in [0.15, 0.2) is 0 Å². The van der Waals surface area contributed by atoms with Crippen LogP contribution in [0.1, 0.15) is 47.0 Å². The Labute approximate surface area is 115 Å². The summed E-state index contributed by atoms with van der Waals surface area (Å²) in [4.78, 5) is 25.8. The van der Waals surface area contributed by atoms with Crippen LogP contribution < -0.4 is 5.32 Å². The van der Waals surface area contributed by atoms with Gasteiger partial charge in [-0.2, -0.15) is 0 Å². The summed E-state index contributed by atoms with van der Waals surface area (Å²) in [5, 5.41) is 3.23. The van der Waals surface area contributed by atoms with E-state index in [0.29, 0.717) is 6.61 Å². The number of rotatable bonds is 7. The number of hydrogen-bond donors (Lipinski definition) is 1. The zero-order valence-corrected chi connectivity index (χ0v) is 12.7. The minimum atomic E-state index is -0.418. The molecule has 0 bridgehead atoms. The Kier molecular flexibility index (Phi) is 5.50. The van der Waals surface area contributed by atoms with E-state index in [9.17, 15) is 9.59 Å². The van der Waals surface area contributed by atoms with Crippen molar-refractivity contribution in [2.24, 2.45) is 0 Å². The summed E-state index contributed by atoms with van der Waals surface area (Å²) in [6.07, 6.45) is 1.87. The van der Waals surface area contributed by atoms with Crippen molar-refractivity contribution in [1.29, 1.82) is 0 Å². The van der Waals surface area contributed by atoms with E-state index >= 15 is 0 Å². The Balaban J connectivity index is 2.75. The molecule has 0 spiro atoms. The SMILES string of the molecule is CCC(CC)N1C(=O)CC(NC(C)(C)COC)C1=O. The molecule has 1 aliphatic rings. The van der Waals surface area contributed by atoms with E-state index in [1.165, 1.54) is 4.90 Å². The second kappa shape index (κ2) is 6.48. The highest BCUT2D eigenvalue weighted by atomic mass is 16.5. The van der Waals surface area contributed by atoms with Gasteiger partial charge >= 0.3 is 0 Å². The van der Waals surface area contributed by atoms with Gasteiger partial charge in [-0.3, -0.25) is 19.8 Å². The molecule has 1 heterocycles. The van der Waals surface area contributed by atoms with Crippen molar-refractivity contribution in [3.8, 4) is 0 Å². The lowest BCUT2D eigenvalue weighted by atomic mass is 10.0. The van der Waals surface area contributed by atoms with Crippen LogP contribution in [0.4, 0.5) is 0 Å². The Morgan fingerprint density at radius 1 is 1.37 bits per heavy atom. The zero-order chi connectivity index (χ0) is 14.6. The Morgan fingerprint density at radius 2 is 1.95 bits per heavy atom. The molecule has 0 saturated carbocycles. The number of methoxy groups -OCH3 is 1. The summed E-state index contributed by atoms with van der Waals surface area (Å²) in [6.45, 7) is 8.44. The second-order valence-corrected chi connectivity index (χ2v) is 5.79. The van der Waals surface area contributed by atoms with Crippen LogP contribution in [0.2, 0.25) is 0 Å². The van der Waals surface area contributed by atoms with Gasteiger partial charge in [0.2, 0.25) is 11.8 Å². The van der Waals surface area contributed by atoms with Crippen molar-refractivity contribution in [2.45, 2.75) is 64.6 Å². The van der Waals surface area contributed by atoms with Crippen molar-refractivity contribution >= 4 is 11.8 Å². The minimum Gasteiger partial charge on any atom is -0.383 e. The largest absolute Gasteiger partial charge is 0.383 e. The molecule has 1 rings (SSSR count). The fourth-order valence-electron chi connectivity index (χ4n) is 2.68. The molecule has 1 aliphatic heterocycles. The van der Waals surface area contributed by atoms with Gasteiger partial charge in [-0.25, -0.2) is 0 Å². The van der Waals surface area contributed by atoms with Gasteiger partial charge in [-0.1, -0.05) is 13.8 Å². The smallest absolute Gasteiger partial charge is 0.247 e. The van der Waals surface area contributed by atoms with E-state index in [4.69, 9.17) is 4.74 Å². The summed E-state index contributed by atoms with van der Waals surface area (Å²) < 4.78 is 5.12. The van der Waals surface area contributed by atoms with Gasteiger partial charge in [0.05, 0.1) is 19.1 Å². The van der Waals surface area contributed by atoms with Crippen molar-refractivity contribution < 1.29 is 14.3 Å². The van der Waals surface area contributed by atoms with Gasteiger partial charge in [-0.05, 0) is 26.7 Å². The van der Waals surface area contributed by atoms with Crippen LogP contribution in [0, 0.1) is 0 Å². The molecule has 1 fully saturated rings. The van der Waals surface area contributed by atoms with Crippen LogP contribution in [0.15, 0.2) is 0 Å². The van der Waals surface area contributed by atoms with Gasteiger partial charge < -0.3 is 4.74 Å². The van der Waals surface area contributed by atoms with Crippen molar-refractivity contribution in [3.63, 3.8) is 0 Å². The average molecular weight is 270 g/mol. The van der Waals surface area contributed by atoms with Gasteiger partial charge in [-0.15, -0.1) is 0 Å². The third-order valence-corrected chi connectivity index (χ3v) is 3.56. The molecule has 0 aliphatic carbocycles. The number of nitrogens with one attached hydrogen (secondary N) is 1. The average Bonchev–Trinajstić information content (AvgIpc) is 2.57. The minimum absolute atomic E-state index is 0.0253. The monoisotopic (exact) mass is 270 g/mol. The fourth-order valence-corrected chi connectivity index (χ4v) is 2.68. The molecule has 19 heavy (non-hydrogen) atoms. The lowest BCUT2D eigenvalue weighted by Gasteiger charge is -2.29. The van der Waals surface area contributed by atoms with Gasteiger partial charge in [0.25, 0.3) is 0 Å². The topological polar surface area (TPSA) is 58.6 Å². The van der Waals surface area contributed by atoms with E-state index in [-0.39, 0.29) is 29.8 Å². The first-order valence-corrected chi connectivity index (χ1v) is 6.98. The molecule has 0 radical (unpaired) electrons. The molecular weight excluding hydrogens is 244 g/mol. The molecule has 0 aromatic carbocycles. The normalized spacial score (nSPS) is 20.7. The summed E-state index contributed by atoms with van der Waals surface area (Å²) in [6, 6.07) is -0.393. The number of hydrogen-bond acceptors (Lipinski definition) is 4. The number of likely N-dealkylation sites (tertiary alicyclic amines) is 1. The van der Waals surface area contributed by atoms with Crippen LogP contribution in [-0.2, 0) is 14.3 Å². The highest BCUT2D eigenvalue weighted by molar-refractivity contribution is 6.05. The summed E-state index contributed by atoms with van der Waals surface area (Å²) in [7, 11) is 1.63. The van der Waals surface area contributed by atoms with Crippen molar-refractivity contribution in [1.82, 2.24) is 10.2 Å². The predicted octanol–water partition coefficient (Wildman–Crippen LogP) is 1.32. The Morgan fingerprint density at radius 3 is 2.42 bits per heavy atom. The highest BCUT2D eigenvalue weighted by Gasteiger charge is 2.43. The third kappa shape index (κ3) is 3.76. The number of carbonyl (C=O) groups excluding carboxylic acids is 2. The van der Waals surface area contributed by atoms with E-state index < -0.39 is 6.04 Å². The Bertz CT molecular complexity index is 338. The molecular formula is C14H26N2O3. The lowest BCUT2D eigenvalue weighted by molar-refractivity contribution is -0.141. The Hall–Kier alpha value is -0.940. The molecule has 5 heteroatoms. The summed E-state index contributed by atoms with van der Waals surface area (Å²) >= 11 is 0. The van der Waals surface area contributed by atoms with Crippen molar-refractivity contribution in [3.05, 3.63) is 0 Å². The summed E-state index contributed by atoms with van der Waals surface area (Å²) in [5.74, 6) is -0.160. The molecule has 2 amide bonds. The van der Waals surface area contributed by atoms with E-state index in [1.54, 1.807) is 7.11 Å². The number of imide groups is 1. The first-order valence-electron chi connectivity index (χ1n) is 6.98. The van der Waals surface area contributed by atoms with Crippen molar-refractivity contribution in [2.75, 3.05) is 13.7 Å². The molecule has 1 N–H and O–H groups in total. The van der Waals surface area contributed by atoms with Crippen LogP contribution in [0.3, 0.4) is 0 Å². The van der Waals surface area contributed by atoms with Crippen LogP contribution in [0.25, 0.3) is 0 Å². The van der Waals surface area contributed by atoms with Gasteiger partial charge in [0.1, 0.15) is 0 Å². The van der Waals surface area contributed by atoms with Crippen LogP contribution in [0.5, 0.6) is 0 Å². The zero-order valence-electron chi connectivity index (χ0n) is 12.7. The number of nitrogens with zero attached hydrogens (tertiary/aromatic N) is 1. The molecule has 0 aromatic heterocycles. The maximum atomic E-state index is 12.4. The molecule has 1 unspecified atom stereocenters. The van der Waals surface area contributed by atoms with Crippen LogP contribution >= 0.6 is 0 Å². The predicted molar refractivity (Wildman–Crippen MR) is 73.7 cm³/mol. The molecule has 0 aromatic rings.